The standard InChI is InChI=1S/C26H21BrF3N5O3S/c1-38-19-6-4-5-16(13-19)24(37)31-14-22-33-34-25(35(22)18-11-9-17(27)10-12-18)39-15-23(36)32-21-8-3-2-7-20(21)26(28,29)30/h2-13H,14-15H2,1H3,(H,31,37)(H,32,36). The zero-order valence-electron chi connectivity index (χ0n) is 20.3. The molecular weight excluding hydrogens is 599 g/mol. The first kappa shape index (κ1) is 28.2. The fourth-order valence-corrected chi connectivity index (χ4v) is 4.57. The van der Waals surface area contributed by atoms with Crippen LogP contribution in [-0.2, 0) is 17.5 Å². The maximum absolute atomic E-state index is 13.3. The number of amides is 2. The van der Waals surface area contributed by atoms with Crippen LogP contribution >= 0.6 is 27.7 Å². The number of nitrogens with zero attached hydrogens (tertiary/aromatic N) is 3. The van der Waals surface area contributed by atoms with Crippen LogP contribution in [0.15, 0.2) is 82.4 Å². The number of hydrogen-bond acceptors (Lipinski definition) is 6. The summed E-state index contributed by atoms with van der Waals surface area (Å²) in [4.78, 5) is 25.3. The van der Waals surface area contributed by atoms with E-state index in [4.69, 9.17) is 4.74 Å². The van der Waals surface area contributed by atoms with E-state index in [1.807, 2.05) is 12.1 Å². The summed E-state index contributed by atoms with van der Waals surface area (Å²) in [7, 11) is 1.51. The first-order valence-electron chi connectivity index (χ1n) is 11.4. The molecular formula is C26H21BrF3N5O3S. The average Bonchev–Trinajstić information content (AvgIpc) is 3.33. The van der Waals surface area contributed by atoms with Crippen molar-refractivity contribution in [2.24, 2.45) is 0 Å². The minimum atomic E-state index is -4.61. The Labute approximate surface area is 234 Å². The van der Waals surface area contributed by atoms with E-state index in [2.05, 4.69) is 36.8 Å². The average molecular weight is 620 g/mol. The normalized spacial score (nSPS) is 11.2. The van der Waals surface area contributed by atoms with Gasteiger partial charge in [-0.3, -0.25) is 14.2 Å². The second kappa shape index (κ2) is 12.3. The lowest BCUT2D eigenvalue weighted by Crippen LogP contribution is -2.24. The van der Waals surface area contributed by atoms with E-state index in [9.17, 15) is 22.8 Å². The molecule has 0 saturated heterocycles. The zero-order valence-corrected chi connectivity index (χ0v) is 22.7. The fourth-order valence-electron chi connectivity index (χ4n) is 3.54. The van der Waals surface area contributed by atoms with Crippen LogP contribution < -0.4 is 15.4 Å². The van der Waals surface area contributed by atoms with Gasteiger partial charge >= 0.3 is 6.18 Å². The van der Waals surface area contributed by atoms with E-state index < -0.39 is 17.6 Å². The number of methoxy groups -OCH3 is 1. The molecule has 0 saturated carbocycles. The number of carbonyl (C=O) groups excluding carboxylic acids is 2. The Morgan fingerprint density at radius 2 is 1.77 bits per heavy atom. The number of ether oxygens (including phenoxy) is 1. The van der Waals surface area contributed by atoms with Crippen molar-refractivity contribution in [3.8, 4) is 11.4 Å². The summed E-state index contributed by atoms with van der Waals surface area (Å²) in [5.41, 5.74) is -0.199. The predicted molar refractivity (Wildman–Crippen MR) is 144 cm³/mol. The molecule has 0 unspecified atom stereocenters. The van der Waals surface area contributed by atoms with Crippen molar-refractivity contribution in [3.63, 3.8) is 0 Å². The second-order valence-corrected chi connectivity index (χ2v) is 9.86. The molecule has 8 nitrogen and oxygen atoms in total. The van der Waals surface area contributed by atoms with Gasteiger partial charge in [0, 0.05) is 15.7 Å². The molecule has 39 heavy (non-hydrogen) atoms. The van der Waals surface area contributed by atoms with E-state index in [1.165, 1.54) is 25.3 Å². The molecule has 0 bridgehead atoms. The summed E-state index contributed by atoms with van der Waals surface area (Å²) < 4.78 is 47.5. The van der Waals surface area contributed by atoms with Crippen LogP contribution in [0.25, 0.3) is 5.69 Å². The van der Waals surface area contributed by atoms with Crippen LogP contribution in [0.1, 0.15) is 21.7 Å². The highest BCUT2D eigenvalue weighted by Crippen LogP contribution is 2.34. The number of benzene rings is 3. The van der Waals surface area contributed by atoms with Crippen molar-refractivity contribution >= 4 is 45.2 Å². The Kier molecular flexibility index (Phi) is 8.92. The van der Waals surface area contributed by atoms with E-state index >= 15 is 0 Å². The van der Waals surface area contributed by atoms with Gasteiger partial charge in [0.25, 0.3) is 5.91 Å². The maximum Gasteiger partial charge on any atom is 0.418 e. The molecule has 0 aliphatic carbocycles. The summed E-state index contributed by atoms with van der Waals surface area (Å²) in [6.45, 7) is 0.0187. The van der Waals surface area contributed by atoms with E-state index in [-0.39, 0.29) is 23.9 Å². The second-order valence-electron chi connectivity index (χ2n) is 8.01. The number of rotatable bonds is 9. The summed E-state index contributed by atoms with van der Waals surface area (Å²) >= 11 is 4.39. The van der Waals surface area contributed by atoms with Gasteiger partial charge in [0.15, 0.2) is 11.0 Å². The third-order valence-corrected chi connectivity index (χ3v) is 6.82. The van der Waals surface area contributed by atoms with Gasteiger partial charge in [0.2, 0.25) is 5.91 Å². The molecule has 0 spiro atoms. The molecule has 3 aromatic carbocycles. The third-order valence-electron chi connectivity index (χ3n) is 5.36. The Balaban J connectivity index is 1.51. The van der Waals surface area contributed by atoms with Crippen molar-refractivity contribution < 1.29 is 27.5 Å². The van der Waals surface area contributed by atoms with Crippen LogP contribution in [0.2, 0.25) is 0 Å². The molecule has 4 rings (SSSR count). The summed E-state index contributed by atoms with van der Waals surface area (Å²) in [5.74, 6) is -0.294. The molecule has 0 radical (unpaired) electrons. The highest BCUT2D eigenvalue weighted by atomic mass is 79.9. The Morgan fingerprint density at radius 3 is 2.49 bits per heavy atom. The van der Waals surface area contributed by atoms with Gasteiger partial charge in [-0.25, -0.2) is 0 Å². The monoisotopic (exact) mass is 619 g/mol. The molecule has 1 aromatic heterocycles. The van der Waals surface area contributed by atoms with Crippen LogP contribution in [0.4, 0.5) is 18.9 Å². The molecule has 0 fully saturated rings. The van der Waals surface area contributed by atoms with Crippen LogP contribution in [0.5, 0.6) is 5.75 Å². The topological polar surface area (TPSA) is 98.1 Å². The fraction of sp³-hybridized carbons (Fsp3) is 0.154. The lowest BCUT2D eigenvalue weighted by atomic mass is 10.1. The largest absolute Gasteiger partial charge is 0.497 e. The SMILES string of the molecule is COc1cccc(C(=O)NCc2nnc(SCC(=O)Nc3ccccc3C(F)(F)F)n2-c2ccc(Br)cc2)c1. The van der Waals surface area contributed by atoms with Gasteiger partial charge in [-0.15, -0.1) is 10.2 Å². The number of thioether (sulfide) groups is 1. The number of nitrogens with one attached hydrogen (secondary N) is 2. The molecule has 0 atom stereocenters. The Bertz CT molecular complexity index is 1480. The first-order valence-corrected chi connectivity index (χ1v) is 13.1. The zero-order chi connectivity index (χ0) is 28.0. The smallest absolute Gasteiger partial charge is 0.418 e. The summed E-state index contributed by atoms with van der Waals surface area (Å²) in [6.07, 6.45) is -4.61. The van der Waals surface area contributed by atoms with Crippen molar-refractivity contribution in [2.45, 2.75) is 17.9 Å². The Hall–Kier alpha value is -3.84. The highest BCUT2D eigenvalue weighted by Gasteiger charge is 2.33. The van der Waals surface area contributed by atoms with E-state index in [0.29, 0.717) is 28.0 Å². The predicted octanol–water partition coefficient (Wildman–Crippen LogP) is 5.72. The number of halogens is 4. The molecule has 13 heteroatoms. The number of anilines is 1. The number of hydrogen-bond donors (Lipinski definition) is 2. The van der Waals surface area contributed by atoms with Crippen molar-refractivity contribution in [2.75, 3.05) is 18.2 Å². The van der Waals surface area contributed by atoms with Crippen molar-refractivity contribution in [1.82, 2.24) is 20.1 Å². The number of aromatic nitrogens is 3. The minimum absolute atomic E-state index is 0.0187. The van der Waals surface area contributed by atoms with Gasteiger partial charge in [-0.1, -0.05) is 45.9 Å². The minimum Gasteiger partial charge on any atom is -0.497 e. The highest BCUT2D eigenvalue weighted by molar-refractivity contribution is 9.10. The maximum atomic E-state index is 13.3. The summed E-state index contributed by atoms with van der Waals surface area (Å²) in [5, 5.41) is 13.8. The van der Waals surface area contributed by atoms with E-state index in [0.717, 1.165) is 22.3 Å². The molecule has 202 valence electrons. The number of para-hydroxylation sites is 1. The number of alkyl halides is 3. The van der Waals surface area contributed by atoms with E-state index in [1.54, 1.807) is 41.0 Å². The van der Waals surface area contributed by atoms with Gasteiger partial charge in [0.05, 0.1) is 30.7 Å². The van der Waals surface area contributed by atoms with Gasteiger partial charge in [-0.05, 0) is 54.6 Å². The Morgan fingerprint density at radius 1 is 1.03 bits per heavy atom. The lowest BCUT2D eigenvalue weighted by Gasteiger charge is -2.14. The van der Waals surface area contributed by atoms with Gasteiger partial charge < -0.3 is 15.4 Å². The quantitative estimate of drug-likeness (QED) is 0.233. The van der Waals surface area contributed by atoms with Gasteiger partial charge in [0.1, 0.15) is 5.75 Å². The van der Waals surface area contributed by atoms with Crippen LogP contribution in [0, 0.1) is 0 Å². The molecule has 0 aliphatic rings. The molecule has 2 amide bonds. The van der Waals surface area contributed by atoms with Crippen LogP contribution in [0.3, 0.4) is 0 Å². The molecule has 2 N–H and O–H groups in total. The first-order chi connectivity index (χ1) is 18.7. The molecule has 1 heterocycles. The number of carbonyl (C=O) groups is 2. The molecule has 0 aliphatic heterocycles. The van der Waals surface area contributed by atoms with Crippen molar-refractivity contribution in [3.05, 3.63) is 94.2 Å². The van der Waals surface area contributed by atoms with Crippen LogP contribution in [-0.4, -0.2) is 39.4 Å². The third kappa shape index (κ3) is 7.18. The molecule has 4 aromatic rings. The van der Waals surface area contributed by atoms with Gasteiger partial charge in [-0.2, -0.15) is 13.2 Å². The van der Waals surface area contributed by atoms with Crippen molar-refractivity contribution in [1.29, 1.82) is 0 Å². The lowest BCUT2D eigenvalue weighted by molar-refractivity contribution is -0.137. The summed E-state index contributed by atoms with van der Waals surface area (Å²) in [6, 6.07) is 18.6.